The van der Waals surface area contributed by atoms with Crippen LogP contribution in [-0.2, 0) is 32.7 Å². The molecule has 1 aliphatic carbocycles. The van der Waals surface area contributed by atoms with Gasteiger partial charge in [-0.25, -0.2) is 4.57 Å². The number of hydrogen-bond acceptors (Lipinski definition) is 14. The van der Waals surface area contributed by atoms with Crippen LogP contribution in [0.1, 0.15) is 168 Å². The maximum absolute atomic E-state index is 12.8. The van der Waals surface area contributed by atoms with Crippen molar-refractivity contribution in [1.29, 1.82) is 0 Å². The quantitative estimate of drug-likeness (QED) is 0.0133. The summed E-state index contributed by atoms with van der Waals surface area (Å²) >= 11 is 0. The Morgan fingerprint density at radius 1 is 0.556 bits per heavy atom. The second-order valence-electron chi connectivity index (χ2n) is 16.6. The van der Waals surface area contributed by atoms with Gasteiger partial charge in [0, 0.05) is 12.8 Å². The predicted molar refractivity (Wildman–Crippen MR) is 242 cm³/mol. The highest BCUT2D eigenvalue weighted by atomic mass is 31.2. The standard InChI is InChI=1S/C47H83O15P/c1-3-5-7-9-11-12-13-14-15-16-17-18-19-20-21-25-30-34-41(51)61-37(36-60-63(57,58)62-47-45(55)43(53)42(52)44(54)46(47)56)35-59-40(50)33-29-26-22-24-28-32-39(49)38(48)31-27-23-10-8-6-4-2/h14-15,17-18,20-21,23,27,37-39,42-49,52-56H,3-13,16,19,22,24-26,28-36H2,1-2H3,(H,57,58)/b15-14-,18-17-,21-20-,27-23-/t37-,38-,39-,42?,43-,44+,45-,46-,47?/m1/s1. The Balaban J connectivity index is 2.55. The van der Waals surface area contributed by atoms with E-state index in [0.29, 0.717) is 38.5 Å². The molecule has 0 amide bonds. The van der Waals surface area contributed by atoms with Crippen LogP contribution < -0.4 is 0 Å². The van der Waals surface area contributed by atoms with Crippen LogP contribution in [0.3, 0.4) is 0 Å². The molecule has 0 heterocycles. The summed E-state index contributed by atoms with van der Waals surface area (Å²) in [5.41, 5.74) is 0. The summed E-state index contributed by atoms with van der Waals surface area (Å²) in [5, 5.41) is 70.6. The molecule has 0 aliphatic heterocycles. The van der Waals surface area contributed by atoms with Gasteiger partial charge in [-0.3, -0.25) is 18.6 Å². The molecule has 10 atom stereocenters. The monoisotopic (exact) mass is 919 g/mol. The highest BCUT2D eigenvalue weighted by Gasteiger charge is 2.51. The fraction of sp³-hybridized carbons (Fsp3) is 0.787. The molecule has 16 heteroatoms. The van der Waals surface area contributed by atoms with Crippen LogP contribution in [-0.4, -0.2) is 121 Å². The third kappa shape index (κ3) is 29.1. The van der Waals surface area contributed by atoms with Gasteiger partial charge in [0.05, 0.1) is 18.8 Å². The minimum absolute atomic E-state index is 0.00790. The lowest BCUT2D eigenvalue weighted by molar-refractivity contribution is -0.220. The van der Waals surface area contributed by atoms with Crippen LogP contribution in [0.25, 0.3) is 0 Å². The molecule has 0 aromatic heterocycles. The molecule has 63 heavy (non-hydrogen) atoms. The fourth-order valence-electron chi connectivity index (χ4n) is 6.85. The molecule has 1 rings (SSSR count). The number of allylic oxidation sites excluding steroid dienone is 7. The first-order valence-electron chi connectivity index (χ1n) is 23.6. The van der Waals surface area contributed by atoms with E-state index in [1.165, 1.54) is 44.9 Å². The summed E-state index contributed by atoms with van der Waals surface area (Å²) in [4.78, 5) is 35.7. The Kier molecular flexibility index (Phi) is 34.4. The van der Waals surface area contributed by atoms with Gasteiger partial charge in [0.2, 0.25) is 0 Å². The SMILES string of the molecule is CCCCC/C=C\C[C@@H](O)[C@H](O)CCCCCCCC(=O)OC[C@H](COP(=O)(O)OC1[C@H](O)[C@H](O)C(O)[C@H](O)[C@H]1O)OC(=O)CCC/C=C\C/C=C\C/C=C\CCCCCCCC. The van der Waals surface area contributed by atoms with Gasteiger partial charge < -0.3 is 50.1 Å². The highest BCUT2D eigenvalue weighted by molar-refractivity contribution is 7.47. The lowest BCUT2D eigenvalue weighted by Gasteiger charge is -2.41. The fourth-order valence-corrected chi connectivity index (χ4v) is 7.83. The van der Waals surface area contributed by atoms with Gasteiger partial charge in [0.25, 0.3) is 0 Å². The van der Waals surface area contributed by atoms with Crippen molar-refractivity contribution in [3.8, 4) is 0 Å². The number of esters is 2. The van der Waals surface area contributed by atoms with E-state index in [4.69, 9.17) is 18.5 Å². The number of phosphoric ester groups is 1. The normalized spacial score (nSPS) is 23.1. The highest BCUT2D eigenvalue weighted by Crippen LogP contribution is 2.47. The molecule has 0 spiro atoms. The first-order chi connectivity index (χ1) is 30.2. The average Bonchev–Trinajstić information content (AvgIpc) is 3.26. The van der Waals surface area contributed by atoms with Crippen LogP contribution in [0, 0.1) is 0 Å². The maximum Gasteiger partial charge on any atom is 0.472 e. The van der Waals surface area contributed by atoms with Crippen molar-refractivity contribution in [3.63, 3.8) is 0 Å². The van der Waals surface area contributed by atoms with E-state index >= 15 is 0 Å². The second kappa shape index (κ2) is 36.9. The van der Waals surface area contributed by atoms with Crippen molar-refractivity contribution >= 4 is 19.8 Å². The summed E-state index contributed by atoms with van der Waals surface area (Å²) in [6, 6.07) is 0. The predicted octanol–water partition coefficient (Wildman–Crippen LogP) is 7.11. The molecule has 0 bridgehead atoms. The Bertz CT molecular complexity index is 1320. The number of aliphatic hydroxyl groups excluding tert-OH is 7. The van der Waals surface area contributed by atoms with Crippen molar-refractivity contribution in [3.05, 3.63) is 48.6 Å². The molecule has 3 unspecified atom stereocenters. The Morgan fingerprint density at radius 3 is 1.67 bits per heavy atom. The number of ether oxygens (including phenoxy) is 2. The van der Waals surface area contributed by atoms with Crippen molar-refractivity contribution in [2.75, 3.05) is 13.2 Å². The third-order valence-corrected chi connectivity index (χ3v) is 11.8. The smallest absolute Gasteiger partial charge is 0.462 e. The van der Waals surface area contributed by atoms with Crippen LogP contribution in [0.2, 0.25) is 0 Å². The van der Waals surface area contributed by atoms with E-state index in [9.17, 15) is 54.8 Å². The van der Waals surface area contributed by atoms with Gasteiger partial charge in [-0.1, -0.05) is 133 Å². The summed E-state index contributed by atoms with van der Waals surface area (Å²) in [6.07, 6.45) is 21.8. The van der Waals surface area contributed by atoms with E-state index in [0.717, 1.165) is 57.8 Å². The minimum Gasteiger partial charge on any atom is -0.462 e. The molecule has 0 saturated heterocycles. The number of unbranched alkanes of at least 4 members (excludes halogenated alkanes) is 14. The number of carbonyl (C=O) groups is 2. The van der Waals surface area contributed by atoms with Crippen LogP contribution in [0.15, 0.2) is 48.6 Å². The van der Waals surface area contributed by atoms with Gasteiger partial charge in [-0.15, -0.1) is 0 Å². The molecule has 0 radical (unpaired) electrons. The maximum atomic E-state index is 12.8. The number of carbonyl (C=O) groups excluding carboxylic acids is 2. The van der Waals surface area contributed by atoms with Crippen LogP contribution in [0.5, 0.6) is 0 Å². The summed E-state index contributed by atoms with van der Waals surface area (Å²) in [5.74, 6) is -1.27. The molecule has 366 valence electrons. The number of rotatable bonds is 38. The van der Waals surface area contributed by atoms with E-state index in [1.807, 2.05) is 24.3 Å². The minimum atomic E-state index is -5.17. The third-order valence-electron chi connectivity index (χ3n) is 10.8. The molecule has 8 N–H and O–H groups in total. The zero-order chi connectivity index (χ0) is 46.7. The molecular weight excluding hydrogens is 835 g/mol. The number of phosphoric acid groups is 1. The van der Waals surface area contributed by atoms with Crippen molar-refractivity contribution in [1.82, 2.24) is 0 Å². The summed E-state index contributed by atoms with van der Waals surface area (Å²) in [7, 11) is -5.17. The van der Waals surface area contributed by atoms with Gasteiger partial charge in [-0.2, -0.15) is 0 Å². The molecular formula is C47H83O15P. The van der Waals surface area contributed by atoms with E-state index in [-0.39, 0.29) is 12.8 Å². The van der Waals surface area contributed by atoms with E-state index in [1.54, 1.807) is 0 Å². The number of hydrogen-bond donors (Lipinski definition) is 8. The van der Waals surface area contributed by atoms with Crippen molar-refractivity contribution in [2.24, 2.45) is 0 Å². The second-order valence-corrected chi connectivity index (χ2v) is 18.0. The Labute approximate surface area is 376 Å². The Morgan fingerprint density at radius 2 is 1.03 bits per heavy atom. The Hall–Kier alpha value is -2.27. The molecule has 1 aliphatic rings. The molecule has 15 nitrogen and oxygen atoms in total. The van der Waals surface area contributed by atoms with Gasteiger partial charge >= 0.3 is 19.8 Å². The van der Waals surface area contributed by atoms with Gasteiger partial charge in [0.15, 0.2) is 6.10 Å². The van der Waals surface area contributed by atoms with Gasteiger partial charge in [0.1, 0.15) is 43.2 Å². The van der Waals surface area contributed by atoms with Crippen LogP contribution in [0.4, 0.5) is 0 Å². The summed E-state index contributed by atoms with van der Waals surface area (Å²) in [6.45, 7) is 3.05. The molecule has 0 aromatic carbocycles. The first kappa shape index (κ1) is 58.7. The van der Waals surface area contributed by atoms with E-state index in [2.05, 4.69) is 38.2 Å². The topological polar surface area (TPSA) is 250 Å². The first-order valence-corrected chi connectivity index (χ1v) is 25.1. The molecule has 1 fully saturated rings. The lowest BCUT2D eigenvalue weighted by atomic mass is 9.85. The largest absolute Gasteiger partial charge is 0.472 e. The number of aliphatic hydroxyl groups is 7. The van der Waals surface area contributed by atoms with E-state index < -0.39 is 87.9 Å². The molecule has 1 saturated carbocycles. The van der Waals surface area contributed by atoms with Crippen molar-refractivity contribution < 1.29 is 73.3 Å². The zero-order valence-corrected chi connectivity index (χ0v) is 39.0. The summed E-state index contributed by atoms with van der Waals surface area (Å²) < 4.78 is 33.4. The lowest BCUT2D eigenvalue weighted by Crippen LogP contribution is -2.64. The van der Waals surface area contributed by atoms with Crippen molar-refractivity contribution in [2.45, 2.75) is 223 Å². The average molecular weight is 919 g/mol. The van der Waals surface area contributed by atoms with Gasteiger partial charge in [-0.05, 0) is 70.6 Å². The zero-order valence-electron chi connectivity index (χ0n) is 38.1. The molecule has 0 aromatic rings. The van der Waals surface area contributed by atoms with Crippen LogP contribution >= 0.6 is 7.82 Å².